The lowest BCUT2D eigenvalue weighted by Gasteiger charge is -2.09. The minimum absolute atomic E-state index is 0.122. The number of carbonyl (C=O) groups excluding carboxylic acids is 2. The Morgan fingerprint density at radius 2 is 1.84 bits per heavy atom. The van der Waals surface area contributed by atoms with Gasteiger partial charge in [0.1, 0.15) is 5.82 Å². The molecule has 1 aliphatic carbocycles. The standard InChI is InChI=1S/C19H20FN3O2/c20-15-6-4-13(5-7-15)10-11-21-19(25)23-17-3-1-2-14(12-17)18(24)22-16-8-9-16/h1-7,12,16H,8-11H2,(H,22,24)(H2,21,23,25). The Morgan fingerprint density at radius 3 is 2.56 bits per heavy atom. The van der Waals surface area contributed by atoms with Gasteiger partial charge in [0.15, 0.2) is 0 Å². The number of urea groups is 1. The first-order valence-electron chi connectivity index (χ1n) is 8.30. The Bertz CT molecular complexity index is 758. The van der Waals surface area contributed by atoms with Crippen LogP contribution in [0.4, 0.5) is 14.9 Å². The van der Waals surface area contributed by atoms with E-state index in [4.69, 9.17) is 0 Å². The molecule has 0 radical (unpaired) electrons. The van der Waals surface area contributed by atoms with Crippen LogP contribution in [-0.4, -0.2) is 24.5 Å². The van der Waals surface area contributed by atoms with Gasteiger partial charge >= 0.3 is 6.03 Å². The maximum atomic E-state index is 12.8. The molecule has 0 aromatic heterocycles. The van der Waals surface area contributed by atoms with E-state index < -0.39 is 0 Å². The van der Waals surface area contributed by atoms with Crippen LogP contribution in [0.1, 0.15) is 28.8 Å². The molecule has 2 aromatic carbocycles. The number of nitrogens with one attached hydrogen (secondary N) is 3. The van der Waals surface area contributed by atoms with Crippen LogP contribution < -0.4 is 16.0 Å². The van der Waals surface area contributed by atoms with E-state index in [1.165, 1.54) is 12.1 Å². The molecule has 130 valence electrons. The molecule has 0 bridgehead atoms. The maximum absolute atomic E-state index is 12.8. The van der Waals surface area contributed by atoms with Gasteiger partial charge in [0.25, 0.3) is 5.91 Å². The van der Waals surface area contributed by atoms with Crippen LogP contribution in [0.15, 0.2) is 48.5 Å². The molecule has 2 aromatic rings. The van der Waals surface area contributed by atoms with Crippen LogP contribution in [0, 0.1) is 5.82 Å². The van der Waals surface area contributed by atoms with Crippen LogP contribution in [0.25, 0.3) is 0 Å². The Hall–Kier alpha value is -2.89. The summed E-state index contributed by atoms with van der Waals surface area (Å²) in [5, 5.41) is 8.37. The molecule has 0 aliphatic heterocycles. The molecule has 1 fully saturated rings. The molecule has 3 rings (SSSR count). The van der Waals surface area contributed by atoms with E-state index in [1.54, 1.807) is 36.4 Å². The fourth-order valence-corrected chi connectivity index (χ4v) is 2.38. The summed E-state index contributed by atoms with van der Waals surface area (Å²) >= 11 is 0. The molecule has 0 unspecified atom stereocenters. The lowest BCUT2D eigenvalue weighted by Crippen LogP contribution is -2.30. The van der Waals surface area contributed by atoms with Crippen LogP contribution >= 0.6 is 0 Å². The van der Waals surface area contributed by atoms with Gasteiger partial charge in [-0.25, -0.2) is 9.18 Å². The predicted molar refractivity (Wildman–Crippen MR) is 94.1 cm³/mol. The van der Waals surface area contributed by atoms with Gasteiger partial charge in [0.2, 0.25) is 0 Å². The van der Waals surface area contributed by atoms with E-state index in [9.17, 15) is 14.0 Å². The zero-order chi connectivity index (χ0) is 17.6. The van der Waals surface area contributed by atoms with Gasteiger partial charge in [-0.05, 0) is 55.2 Å². The third-order valence-electron chi connectivity index (χ3n) is 3.91. The summed E-state index contributed by atoms with van der Waals surface area (Å²) in [5.41, 5.74) is 2.03. The average molecular weight is 341 g/mol. The van der Waals surface area contributed by atoms with Crippen molar-refractivity contribution in [1.29, 1.82) is 0 Å². The normalized spacial score (nSPS) is 13.2. The fourth-order valence-electron chi connectivity index (χ4n) is 2.38. The molecule has 25 heavy (non-hydrogen) atoms. The van der Waals surface area contributed by atoms with Gasteiger partial charge in [-0.3, -0.25) is 4.79 Å². The van der Waals surface area contributed by atoms with Gasteiger partial charge in [-0.1, -0.05) is 18.2 Å². The highest BCUT2D eigenvalue weighted by molar-refractivity contribution is 5.97. The number of hydrogen-bond acceptors (Lipinski definition) is 2. The molecular formula is C19H20FN3O2. The van der Waals surface area contributed by atoms with Gasteiger partial charge in [-0.15, -0.1) is 0 Å². The van der Waals surface area contributed by atoms with Crippen molar-refractivity contribution in [3.63, 3.8) is 0 Å². The summed E-state index contributed by atoms with van der Waals surface area (Å²) in [7, 11) is 0. The smallest absolute Gasteiger partial charge is 0.319 e. The van der Waals surface area contributed by atoms with Gasteiger partial charge in [0, 0.05) is 23.8 Å². The number of halogens is 1. The van der Waals surface area contributed by atoms with E-state index in [1.807, 2.05) is 0 Å². The van der Waals surface area contributed by atoms with Crippen molar-refractivity contribution < 1.29 is 14.0 Å². The lowest BCUT2D eigenvalue weighted by molar-refractivity contribution is 0.0951. The van der Waals surface area contributed by atoms with Crippen LogP contribution in [-0.2, 0) is 6.42 Å². The average Bonchev–Trinajstić information content (AvgIpc) is 3.41. The fraction of sp³-hybridized carbons (Fsp3) is 0.263. The molecule has 5 nitrogen and oxygen atoms in total. The summed E-state index contributed by atoms with van der Waals surface area (Å²) in [4.78, 5) is 24.0. The first-order chi connectivity index (χ1) is 12.1. The summed E-state index contributed by atoms with van der Waals surface area (Å²) in [6.45, 7) is 0.430. The summed E-state index contributed by atoms with van der Waals surface area (Å²) in [6, 6.07) is 12.9. The first kappa shape index (κ1) is 17.0. The highest BCUT2D eigenvalue weighted by Gasteiger charge is 2.23. The quantitative estimate of drug-likeness (QED) is 0.756. The SMILES string of the molecule is O=C(NCCc1ccc(F)cc1)Nc1cccc(C(=O)NC2CC2)c1. The van der Waals surface area contributed by atoms with Crippen molar-refractivity contribution in [1.82, 2.24) is 10.6 Å². The second-order valence-corrected chi connectivity index (χ2v) is 6.09. The molecule has 0 heterocycles. The molecular weight excluding hydrogens is 321 g/mol. The molecule has 1 aliphatic rings. The molecule has 6 heteroatoms. The third kappa shape index (κ3) is 5.31. The van der Waals surface area contributed by atoms with Gasteiger partial charge in [-0.2, -0.15) is 0 Å². The molecule has 1 saturated carbocycles. The summed E-state index contributed by atoms with van der Waals surface area (Å²) in [6.07, 6.45) is 2.66. The lowest BCUT2D eigenvalue weighted by atomic mass is 10.1. The Labute approximate surface area is 145 Å². The highest BCUT2D eigenvalue weighted by Crippen LogP contribution is 2.20. The van der Waals surface area contributed by atoms with Gasteiger partial charge in [0.05, 0.1) is 0 Å². The largest absolute Gasteiger partial charge is 0.349 e. The van der Waals surface area contributed by atoms with E-state index in [0.717, 1.165) is 18.4 Å². The van der Waals surface area contributed by atoms with Crippen molar-refractivity contribution >= 4 is 17.6 Å². The highest BCUT2D eigenvalue weighted by atomic mass is 19.1. The molecule has 3 N–H and O–H groups in total. The molecule has 0 saturated heterocycles. The van der Waals surface area contributed by atoms with Crippen molar-refractivity contribution in [2.24, 2.45) is 0 Å². The number of carbonyl (C=O) groups is 2. The van der Waals surface area contributed by atoms with Crippen molar-refractivity contribution in [2.75, 3.05) is 11.9 Å². The number of rotatable bonds is 6. The minimum atomic E-state index is -0.345. The predicted octanol–water partition coefficient (Wildman–Crippen LogP) is 3.08. The molecule has 0 atom stereocenters. The van der Waals surface area contributed by atoms with Crippen molar-refractivity contribution in [3.05, 3.63) is 65.5 Å². The monoisotopic (exact) mass is 341 g/mol. The summed E-state index contributed by atoms with van der Waals surface area (Å²) in [5.74, 6) is -0.400. The second kappa shape index (κ2) is 7.79. The van der Waals surface area contributed by atoms with Crippen molar-refractivity contribution in [2.45, 2.75) is 25.3 Å². The third-order valence-corrected chi connectivity index (χ3v) is 3.91. The number of amides is 3. The molecule has 0 spiro atoms. The van der Waals surface area contributed by atoms with E-state index in [2.05, 4.69) is 16.0 Å². The summed E-state index contributed by atoms with van der Waals surface area (Å²) < 4.78 is 12.8. The number of anilines is 1. The van der Waals surface area contributed by atoms with Crippen LogP contribution in [0.5, 0.6) is 0 Å². The van der Waals surface area contributed by atoms with Crippen LogP contribution in [0.2, 0.25) is 0 Å². The van der Waals surface area contributed by atoms with Gasteiger partial charge < -0.3 is 16.0 Å². The Balaban J connectivity index is 1.47. The second-order valence-electron chi connectivity index (χ2n) is 6.09. The van der Waals surface area contributed by atoms with E-state index >= 15 is 0 Å². The minimum Gasteiger partial charge on any atom is -0.349 e. The van der Waals surface area contributed by atoms with E-state index in [-0.39, 0.29) is 17.8 Å². The first-order valence-corrected chi connectivity index (χ1v) is 8.30. The van der Waals surface area contributed by atoms with E-state index in [0.29, 0.717) is 30.3 Å². The number of benzene rings is 2. The Morgan fingerprint density at radius 1 is 1.08 bits per heavy atom. The zero-order valence-corrected chi connectivity index (χ0v) is 13.7. The Kier molecular flexibility index (Phi) is 5.28. The topological polar surface area (TPSA) is 70.2 Å². The van der Waals surface area contributed by atoms with Crippen LogP contribution in [0.3, 0.4) is 0 Å². The maximum Gasteiger partial charge on any atom is 0.319 e. The zero-order valence-electron chi connectivity index (χ0n) is 13.7. The molecule has 3 amide bonds. The number of hydrogen-bond donors (Lipinski definition) is 3. The van der Waals surface area contributed by atoms with Crippen molar-refractivity contribution in [3.8, 4) is 0 Å².